The average Bonchev–Trinajstić information content (AvgIpc) is 0.784. The van der Waals surface area contributed by atoms with Crippen LogP contribution in [0.2, 0.25) is 0 Å². The first-order chi connectivity index (χ1) is 45.3. The van der Waals surface area contributed by atoms with E-state index in [9.17, 15) is 50.4 Å². The minimum atomic E-state index is -2.17. The van der Waals surface area contributed by atoms with Crippen LogP contribution in [0.15, 0.2) is 121 Å². The molecule has 7 heterocycles. The number of aromatic hydroxyl groups is 6. The molecule has 0 aromatic heterocycles. The van der Waals surface area contributed by atoms with Gasteiger partial charge in [0, 0.05) is 40.8 Å². The van der Waals surface area contributed by atoms with Crippen molar-refractivity contribution in [1.82, 2.24) is 31.9 Å². The number of phenolic OH excluding ortho intramolecular Hbond substituents is 6. The maximum atomic E-state index is 16.0. The van der Waals surface area contributed by atoms with E-state index in [2.05, 4.69) is 31.9 Å². The molecule has 7 aromatic carbocycles. The number of carbonyl (C=O) groups is 7. The maximum absolute atomic E-state index is 16.0. The van der Waals surface area contributed by atoms with E-state index in [4.69, 9.17) is 39.9 Å². The van der Waals surface area contributed by atoms with E-state index in [0.717, 1.165) is 49.6 Å². The molecule has 18 N–H and O–H groups in total. The zero-order chi connectivity index (χ0) is 67.6. The number of ether oxygens (including phenoxy) is 6. The van der Waals surface area contributed by atoms with E-state index < -0.39 is 172 Å². The Kier molecular flexibility index (Phi) is 17.1. The van der Waals surface area contributed by atoms with Crippen molar-refractivity contribution < 1.29 is 103 Å². The first-order valence-corrected chi connectivity index (χ1v) is 29.6. The molecule has 0 aliphatic carbocycles. The fraction of sp³-hybridized carbons (Fsp3) is 0.258. The van der Waals surface area contributed by atoms with Crippen molar-refractivity contribution >= 4 is 41.4 Å². The van der Waals surface area contributed by atoms with Gasteiger partial charge >= 0.3 is 5.97 Å². The molecule has 1 fully saturated rings. The molecule has 7 aliphatic rings. The molecule has 0 unspecified atom stereocenters. The number of esters is 1. The number of amides is 6. The molecule has 0 spiro atoms. The number of fused-ring (bicyclic) bond motifs is 14. The van der Waals surface area contributed by atoms with Crippen molar-refractivity contribution in [3.63, 3.8) is 0 Å². The number of aliphatic hydroxyl groups excluding tert-OH is 2. The molecule has 95 heavy (non-hydrogen) atoms. The van der Waals surface area contributed by atoms with Crippen LogP contribution in [0.4, 0.5) is 0 Å². The fourth-order valence-electron chi connectivity index (χ4n) is 11.9. The van der Waals surface area contributed by atoms with Crippen LogP contribution in [-0.4, -0.2) is 126 Å². The number of hydrogen-bond donors (Lipinski definition) is 16. The first kappa shape index (κ1) is 63.9. The Morgan fingerprint density at radius 2 is 1.06 bits per heavy atom. The smallest absolute Gasteiger partial charge is 0.333 e. The highest BCUT2D eigenvalue weighted by molar-refractivity contribution is 6.00. The maximum Gasteiger partial charge on any atom is 0.333 e. The predicted molar refractivity (Wildman–Crippen MR) is 327 cm³/mol. The van der Waals surface area contributed by atoms with Gasteiger partial charge < -0.3 is 113 Å². The number of benzene rings is 7. The topological polar surface area (TPSA) is 461 Å². The molecular weight excluding hydrogens is 1240 g/mol. The van der Waals surface area contributed by atoms with Crippen molar-refractivity contribution in [3.05, 3.63) is 166 Å². The lowest BCUT2D eigenvalue weighted by atomic mass is 9.89. The summed E-state index contributed by atoms with van der Waals surface area (Å²) in [6.45, 7) is 2.94. The highest BCUT2D eigenvalue weighted by Crippen LogP contribution is 2.48. The average molecular weight is 1300 g/mol. The number of carbonyl (C=O) groups excluding carboxylic acids is 7. The Morgan fingerprint density at radius 3 is 1.71 bits per heavy atom. The SMILES string of the molecule is COC(=O)[C@H]1NC(=O)[C@H]2NC(=O)[C@H](NC(=O)[C@@H]3NC(=O)[C@H]4NC(=O)[C@H](NC(=O)[C@@H](N)c5ccc(O)c(c5)Oc5cc4cc(O)c5C)[C@H](O)c4ccc(cc4)Oc4cc3cc(c4O)Oc3ccc(cc3)[C@H]2O[C@@H]2C[C@@H](N)[C@@H](O)[C@H](C)O2)c2ccc(O)c(c2)-c2c(O)cc(O)cc21. The zero-order valence-electron chi connectivity index (χ0n) is 50.3. The summed E-state index contributed by atoms with van der Waals surface area (Å²) >= 11 is 0. The van der Waals surface area contributed by atoms with Crippen molar-refractivity contribution in [2.45, 2.75) is 99.3 Å². The minimum absolute atomic E-state index is 0.00324. The van der Waals surface area contributed by atoms with Crippen LogP contribution >= 0.6 is 0 Å². The van der Waals surface area contributed by atoms with Gasteiger partial charge in [-0.25, -0.2) is 4.79 Å². The van der Waals surface area contributed by atoms with Crippen molar-refractivity contribution in [2.24, 2.45) is 11.5 Å². The summed E-state index contributed by atoms with van der Waals surface area (Å²) in [6, 6.07) is 9.44. The molecule has 7 aliphatic heterocycles. The molecule has 492 valence electrons. The van der Waals surface area contributed by atoms with Gasteiger partial charge in [-0.15, -0.1) is 0 Å². The summed E-state index contributed by atoms with van der Waals surface area (Å²) in [7, 11) is 0.985. The van der Waals surface area contributed by atoms with Gasteiger partial charge in [0.25, 0.3) is 0 Å². The van der Waals surface area contributed by atoms with Crippen molar-refractivity contribution in [3.8, 4) is 80.1 Å². The minimum Gasteiger partial charge on any atom is -0.508 e. The van der Waals surface area contributed by atoms with Crippen LogP contribution in [0, 0.1) is 6.92 Å². The number of hydrogen-bond acceptors (Lipinski definition) is 23. The molecule has 29 nitrogen and oxygen atoms in total. The third-order valence-corrected chi connectivity index (χ3v) is 17.1. The standard InChI is InChI=1S/C66H62N8O21/c1-25-41(78)17-31-19-43(25)94-44-18-29(8-15-40(44)77)49(68)60(83)73-54-57(81)27-4-10-34(11-5-27)92-45-20-32-21-46(58(45)82)93-35-12-6-28(7-13-35)59(95-47-24-38(67)56(80)26(2)91-47)55-65(88)72-53(66(89)90-3)37-22-33(75)23-42(79)48(37)36-16-30(9-14-39(36)76)50(61(84)74-55)69-63(86)52(32)70-62(85)51(31)71-64(54)87/h4-23,26,38,47,49-57,59,75-82H,24,67-68H2,1-3H3,(H,69,86)(H,70,85)(H,71,87)(H,72,88)(H,73,83)(H,74,84)/t26-,38+,47+,49-,50+,51-,52+,53-,54+,55-,56-,57+,59+/m0/s1. The Hall–Kier alpha value is -11.2. The van der Waals surface area contributed by atoms with Crippen LogP contribution in [0.25, 0.3) is 11.1 Å². The summed E-state index contributed by atoms with van der Waals surface area (Å²) in [4.78, 5) is 106. The lowest BCUT2D eigenvalue weighted by molar-refractivity contribution is -0.243. The van der Waals surface area contributed by atoms with Gasteiger partial charge in [0.2, 0.25) is 41.2 Å². The van der Waals surface area contributed by atoms with Gasteiger partial charge in [-0.1, -0.05) is 36.4 Å². The molecule has 1 saturated heterocycles. The lowest BCUT2D eigenvalue weighted by Gasteiger charge is -2.39. The molecule has 17 bridgehead atoms. The molecular formula is C66H62N8O21. The van der Waals surface area contributed by atoms with E-state index in [1.165, 1.54) is 92.7 Å². The van der Waals surface area contributed by atoms with Crippen LogP contribution in [0.5, 0.6) is 69.0 Å². The van der Waals surface area contributed by atoms with Gasteiger partial charge in [-0.2, -0.15) is 0 Å². The van der Waals surface area contributed by atoms with E-state index in [-0.39, 0.29) is 79.5 Å². The summed E-state index contributed by atoms with van der Waals surface area (Å²) in [5.41, 5.74) is 11.1. The van der Waals surface area contributed by atoms with Gasteiger partial charge in [0.15, 0.2) is 35.3 Å². The number of rotatable bonds is 3. The number of nitrogens with one attached hydrogen (secondary N) is 6. The first-order valence-electron chi connectivity index (χ1n) is 29.6. The summed E-state index contributed by atoms with van der Waals surface area (Å²) in [6.07, 6.45) is -7.32. The second kappa shape index (κ2) is 25.4. The van der Waals surface area contributed by atoms with Crippen LogP contribution in [0.3, 0.4) is 0 Å². The van der Waals surface area contributed by atoms with Crippen LogP contribution < -0.4 is 57.6 Å². The second-order valence-corrected chi connectivity index (χ2v) is 23.3. The highest BCUT2D eigenvalue weighted by atomic mass is 16.7. The number of methoxy groups -OCH3 is 1. The molecule has 13 atom stereocenters. The third-order valence-electron chi connectivity index (χ3n) is 17.1. The zero-order valence-corrected chi connectivity index (χ0v) is 50.3. The van der Waals surface area contributed by atoms with Gasteiger partial charge in [0.1, 0.15) is 88.7 Å². The van der Waals surface area contributed by atoms with Gasteiger partial charge in [-0.3, -0.25) is 28.8 Å². The Labute approximate surface area is 538 Å². The largest absolute Gasteiger partial charge is 0.508 e. The summed E-state index contributed by atoms with van der Waals surface area (Å²) < 4.78 is 36.6. The lowest BCUT2D eigenvalue weighted by Crippen LogP contribution is -2.57. The summed E-state index contributed by atoms with van der Waals surface area (Å²) in [5, 5.41) is 108. The highest BCUT2D eigenvalue weighted by Gasteiger charge is 2.45. The molecule has 0 saturated carbocycles. The Bertz CT molecular complexity index is 4270. The van der Waals surface area contributed by atoms with Crippen LogP contribution in [-0.2, 0) is 47.8 Å². The van der Waals surface area contributed by atoms with E-state index >= 15 is 24.0 Å². The molecule has 7 aromatic rings. The number of aliphatic hydroxyl groups is 2. The second-order valence-electron chi connectivity index (χ2n) is 23.3. The van der Waals surface area contributed by atoms with Crippen molar-refractivity contribution in [2.75, 3.05) is 7.11 Å². The molecule has 29 heteroatoms. The molecule has 6 amide bonds. The number of nitrogens with two attached hydrogens (primary N) is 2. The molecule has 0 radical (unpaired) electrons. The monoisotopic (exact) mass is 1300 g/mol. The van der Waals surface area contributed by atoms with Gasteiger partial charge in [-0.05, 0) is 126 Å². The summed E-state index contributed by atoms with van der Waals surface area (Å²) in [5.74, 6) is -13.8. The molecule has 14 rings (SSSR count). The van der Waals surface area contributed by atoms with E-state index in [1.54, 1.807) is 0 Å². The Balaban J connectivity index is 1.08. The van der Waals surface area contributed by atoms with E-state index in [0.29, 0.717) is 0 Å². The van der Waals surface area contributed by atoms with Crippen LogP contribution in [0.1, 0.15) is 100 Å². The Morgan fingerprint density at radius 1 is 0.526 bits per heavy atom. The normalized spacial score (nSPS) is 25.8. The number of phenols is 6. The fourth-order valence-corrected chi connectivity index (χ4v) is 11.9. The van der Waals surface area contributed by atoms with Crippen molar-refractivity contribution in [1.29, 1.82) is 0 Å². The predicted octanol–water partition coefficient (Wildman–Crippen LogP) is 3.41. The van der Waals surface area contributed by atoms with E-state index in [1.807, 2.05) is 0 Å². The third kappa shape index (κ3) is 12.4. The quantitative estimate of drug-likeness (QED) is 0.113. The van der Waals surface area contributed by atoms with Gasteiger partial charge in [0.05, 0.1) is 19.3 Å².